The Balaban J connectivity index is 1.32. The summed E-state index contributed by atoms with van der Waals surface area (Å²) in [7, 11) is 0. The van der Waals surface area contributed by atoms with E-state index in [1.807, 2.05) is 11.4 Å². The second-order valence-corrected chi connectivity index (χ2v) is 8.60. The van der Waals surface area contributed by atoms with Crippen molar-refractivity contribution in [3.05, 3.63) is 82.6 Å². The summed E-state index contributed by atoms with van der Waals surface area (Å²) >= 11 is 6.21. The van der Waals surface area contributed by atoms with Gasteiger partial charge in [0.05, 0.1) is 10.7 Å². The SMILES string of the molecule is Cc1cc(C2CCCN(Cc3ccc(-c4ccc(F)cc4Cl)cc3)C2)n2ncnc2n1. The van der Waals surface area contributed by atoms with E-state index in [9.17, 15) is 4.39 Å². The first-order chi connectivity index (χ1) is 15.1. The number of hydrogen-bond acceptors (Lipinski definition) is 4. The number of halogens is 2. The van der Waals surface area contributed by atoms with Crippen LogP contribution in [-0.4, -0.2) is 37.6 Å². The molecule has 1 unspecified atom stereocenters. The minimum atomic E-state index is -0.322. The van der Waals surface area contributed by atoms with Gasteiger partial charge in [-0.2, -0.15) is 10.1 Å². The van der Waals surface area contributed by atoms with Gasteiger partial charge in [0.15, 0.2) is 0 Å². The fraction of sp³-hybridized carbons (Fsp3) is 0.292. The molecule has 158 valence electrons. The van der Waals surface area contributed by atoms with Gasteiger partial charge in [-0.25, -0.2) is 13.9 Å². The Morgan fingerprint density at radius 1 is 1.13 bits per heavy atom. The molecule has 5 rings (SSSR count). The molecular weight excluding hydrogens is 413 g/mol. The molecule has 0 aliphatic carbocycles. The summed E-state index contributed by atoms with van der Waals surface area (Å²) in [5, 5.41) is 4.81. The van der Waals surface area contributed by atoms with E-state index >= 15 is 0 Å². The third-order valence-corrected chi connectivity index (χ3v) is 6.25. The Labute approximate surface area is 185 Å². The second-order valence-electron chi connectivity index (χ2n) is 8.19. The fourth-order valence-corrected chi connectivity index (χ4v) is 4.74. The van der Waals surface area contributed by atoms with E-state index in [1.54, 1.807) is 12.4 Å². The van der Waals surface area contributed by atoms with E-state index in [0.717, 1.165) is 49.3 Å². The number of aryl methyl sites for hydroxylation is 1. The van der Waals surface area contributed by atoms with Gasteiger partial charge >= 0.3 is 0 Å². The normalized spacial score (nSPS) is 17.3. The predicted octanol–water partition coefficient (Wildman–Crippen LogP) is 5.27. The van der Waals surface area contributed by atoms with Gasteiger partial charge in [0, 0.05) is 30.3 Å². The van der Waals surface area contributed by atoms with Gasteiger partial charge in [-0.05, 0) is 61.7 Å². The molecule has 4 aromatic rings. The van der Waals surface area contributed by atoms with Gasteiger partial charge in [-0.1, -0.05) is 35.9 Å². The standard InChI is InChI=1S/C24H23ClFN5/c1-16-11-23(31-24(29-16)27-15-28-31)19-3-2-10-30(14-19)13-17-4-6-18(7-5-17)21-9-8-20(26)12-22(21)25/h4-9,11-12,15,19H,2-3,10,13-14H2,1H3. The average molecular weight is 436 g/mol. The number of rotatable bonds is 4. The van der Waals surface area contributed by atoms with Crippen LogP contribution in [0.5, 0.6) is 0 Å². The zero-order valence-corrected chi connectivity index (χ0v) is 18.1. The summed E-state index contributed by atoms with van der Waals surface area (Å²) in [6.45, 7) is 4.95. The number of nitrogens with zero attached hydrogens (tertiary/aromatic N) is 5. The molecule has 2 aromatic carbocycles. The van der Waals surface area contributed by atoms with Crippen molar-refractivity contribution in [3.8, 4) is 11.1 Å². The predicted molar refractivity (Wildman–Crippen MR) is 120 cm³/mol. The van der Waals surface area contributed by atoms with Crippen molar-refractivity contribution in [1.29, 1.82) is 0 Å². The first kappa shape index (κ1) is 20.1. The van der Waals surface area contributed by atoms with Crippen molar-refractivity contribution in [1.82, 2.24) is 24.5 Å². The fourth-order valence-electron chi connectivity index (χ4n) is 4.46. The highest BCUT2D eigenvalue weighted by atomic mass is 35.5. The third-order valence-electron chi connectivity index (χ3n) is 5.93. The van der Waals surface area contributed by atoms with Gasteiger partial charge in [0.2, 0.25) is 0 Å². The lowest BCUT2D eigenvalue weighted by Crippen LogP contribution is -2.34. The molecule has 1 aliphatic rings. The summed E-state index contributed by atoms with van der Waals surface area (Å²) in [5.74, 6) is 0.747. The summed E-state index contributed by atoms with van der Waals surface area (Å²) in [6, 6.07) is 15.0. The topological polar surface area (TPSA) is 46.3 Å². The Morgan fingerprint density at radius 2 is 1.97 bits per heavy atom. The highest BCUT2D eigenvalue weighted by Gasteiger charge is 2.24. The minimum Gasteiger partial charge on any atom is -0.298 e. The van der Waals surface area contributed by atoms with Crippen molar-refractivity contribution in [2.45, 2.75) is 32.2 Å². The largest absolute Gasteiger partial charge is 0.298 e. The smallest absolute Gasteiger partial charge is 0.252 e. The zero-order valence-electron chi connectivity index (χ0n) is 17.3. The van der Waals surface area contributed by atoms with Crippen LogP contribution < -0.4 is 0 Å². The Morgan fingerprint density at radius 3 is 2.77 bits per heavy atom. The number of hydrogen-bond donors (Lipinski definition) is 0. The van der Waals surface area contributed by atoms with Crippen LogP contribution in [0.1, 0.15) is 35.7 Å². The van der Waals surface area contributed by atoms with E-state index in [0.29, 0.717) is 16.7 Å². The van der Waals surface area contributed by atoms with Crippen LogP contribution in [-0.2, 0) is 6.54 Å². The molecule has 1 fully saturated rings. The molecule has 31 heavy (non-hydrogen) atoms. The molecular formula is C24H23ClFN5. The minimum absolute atomic E-state index is 0.322. The molecule has 0 bridgehead atoms. The highest BCUT2D eigenvalue weighted by molar-refractivity contribution is 6.33. The molecule has 3 heterocycles. The summed E-state index contributed by atoms with van der Waals surface area (Å²) in [6.07, 6.45) is 3.85. The average Bonchev–Trinajstić information content (AvgIpc) is 3.22. The maximum Gasteiger partial charge on any atom is 0.252 e. The van der Waals surface area contributed by atoms with E-state index in [-0.39, 0.29) is 5.82 Å². The van der Waals surface area contributed by atoms with E-state index in [2.05, 4.69) is 50.3 Å². The van der Waals surface area contributed by atoms with Gasteiger partial charge < -0.3 is 0 Å². The summed E-state index contributed by atoms with van der Waals surface area (Å²) in [4.78, 5) is 11.2. The van der Waals surface area contributed by atoms with Gasteiger partial charge in [-0.3, -0.25) is 4.90 Å². The lowest BCUT2D eigenvalue weighted by atomic mass is 9.93. The van der Waals surface area contributed by atoms with Crippen LogP contribution in [0.15, 0.2) is 54.9 Å². The molecule has 2 aromatic heterocycles. The quantitative estimate of drug-likeness (QED) is 0.438. The summed E-state index contributed by atoms with van der Waals surface area (Å²) in [5.41, 5.74) is 5.25. The highest BCUT2D eigenvalue weighted by Crippen LogP contribution is 2.30. The number of benzene rings is 2. The monoisotopic (exact) mass is 435 g/mol. The van der Waals surface area contributed by atoms with Crippen molar-refractivity contribution in [2.75, 3.05) is 13.1 Å². The third kappa shape index (κ3) is 4.18. The van der Waals surface area contributed by atoms with E-state index in [4.69, 9.17) is 11.6 Å². The Bertz CT molecular complexity index is 1220. The molecule has 5 nitrogen and oxygen atoms in total. The number of aromatic nitrogens is 4. The van der Waals surface area contributed by atoms with Crippen LogP contribution in [0.4, 0.5) is 4.39 Å². The molecule has 0 spiro atoms. The summed E-state index contributed by atoms with van der Waals surface area (Å²) < 4.78 is 15.2. The van der Waals surface area contributed by atoms with Gasteiger partial charge in [0.1, 0.15) is 12.1 Å². The van der Waals surface area contributed by atoms with Crippen LogP contribution in [0.3, 0.4) is 0 Å². The molecule has 1 aliphatic heterocycles. The molecule has 0 radical (unpaired) electrons. The lowest BCUT2D eigenvalue weighted by molar-refractivity contribution is 0.197. The Hall–Kier alpha value is -2.83. The number of likely N-dealkylation sites (tertiary alicyclic amines) is 1. The number of fused-ring (bicyclic) bond motifs is 1. The van der Waals surface area contributed by atoms with Crippen LogP contribution in [0, 0.1) is 12.7 Å². The lowest BCUT2D eigenvalue weighted by Gasteiger charge is -2.33. The molecule has 0 N–H and O–H groups in total. The molecule has 0 amide bonds. The molecule has 0 saturated carbocycles. The molecule has 1 saturated heterocycles. The number of piperidine rings is 1. The van der Waals surface area contributed by atoms with Crippen molar-refractivity contribution in [2.24, 2.45) is 0 Å². The van der Waals surface area contributed by atoms with Gasteiger partial charge in [-0.15, -0.1) is 0 Å². The molecule has 1 atom stereocenters. The molecule has 7 heteroatoms. The first-order valence-corrected chi connectivity index (χ1v) is 10.9. The second kappa shape index (κ2) is 8.36. The first-order valence-electron chi connectivity index (χ1n) is 10.5. The van der Waals surface area contributed by atoms with Crippen LogP contribution in [0.25, 0.3) is 16.9 Å². The van der Waals surface area contributed by atoms with E-state index in [1.165, 1.54) is 23.4 Å². The van der Waals surface area contributed by atoms with Crippen LogP contribution >= 0.6 is 11.6 Å². The van der Waals surface area contributed by atoms with Crippen molar-refractivity contribution >= 4 is 17.4 Å². The van der Waals surface area contributed by atoms with Crippen LogP contribution in [0.2, 0.25) is 5.02 Å². The van der Waals surface area contributed by atoms with Crippen molar-refractivity contribution < 1.29 is 4.39 Å². The maximum atomic E-state index is 13.3. The zero-order chi connectivity index (χ0) is 21.4. The Kier molecular flexibility index (Phi) is 5.42. The van der Waals surface area contributed by atoms with E-state index < -0.39 is 0 Å². The van der Waals surface area contributed by atoms with Gasteiger partial charge in [0.25, 0.3) is 5.78 Å². The maximum absolute atomic E-state index is 13.3. The van der Waals surface area contributed by atoms with Crippen molar-refractivity contribution in [3.63, 3.8) is 0 Å².